The Morgan fingerprint density at radius 1 is 1.07 bits per heavy atom. The Balaban J connectivity index is 1.73. The van der Waals surface area contributed by atoms with Crippen molar-refractivity contribution in [3.63, 3.8) is 0 Å². The van der Waals surface area contributed by atoms with Crippen molar-refractivity contribution in [2.75, 3.05) is 13.6 Å². The molecule has 1 aliphatic carbocycles. The minimum absolute atomic E-state index is 0.893. The fraction of sp³-hybridized carbons (Fsp3) is 0.714. The number of nitrogens with zero attached hydrogens (tertiary/aromatic N) is 1. The molecule has 1 fully saturated rings. The molecule has 0 N–H and O–H groups in total. The van der Waals surface area contributed by atoms with E-state index in [1.165, 1.54) is 80.2 Å². The quantitative estimate of drug-likeness (QED) is 0.306. The van der Waals surface area contributed by atoms with Crippen molar-refractivity contribution in [1.29, 1.82) is 0 Å². The Bertz CT molecular complexity index is 613. The lowest BCUT2D eigenvalue weighted by Crippen LogP contribution is -2.24. The Morgan fingerprint density at radius 2 is 1.83 bits per heavy atom. The molecule has 1 nitrogen and oxygen atoms in total. The van der Waals surface area contributed by atoms with Crippen LogP contribution in [0.2, 0.25) is 0 Å². The van der Waals surface area contributed by atoms with E-state index < -0.39 is 0 Å². The van der Waals surface area contributed by atoms with Crippen LogP contribution >= 0.6 is 0 Å². The zero-order valence-electron chi connectivity index (χ0n) is 20.1. The van der Waals surface area contributed by atoms with Gasteiger partial charge in [0.05, 0.1) is 0 Å². The molecule has 1 aliphatic rings. The average Bonchev–Trinajstić information content (AvgIpc) is 2.67. The van der Waals surface area contributed by atoms with Gasteiger partial charge in [-0.2, -0.15) is 0 Å². The van der Waals surface area contributed by atoms with Gasteiger partial charge in [0.1, 0.15) is 0 Å². The number of aryl methyl sites for hydroxylation is 3. The van der Waals surface area contributed by atoms with Gasteiger partial charge in [0.15, 0.2) is 0 Å². The van der Waals surface area contributed by atoms with Gasteiger partial charge in [-0.25, -0.2) is 0 Å². The van der Waals surface area contributed by atoms with Crippen molar-refractivity contribution < 1.29 is 0 Å². The van der Waals surface area contributed by atoms with Crippen LogP contribution in [0.15, 0.2) is 30.5 Å². The van der Waals surface area contributed by atoms with E-state index in [9.17, 15) is 0 Å². The van der Waals surface area contributed by atoms with E-state index in [0.717, 1.165) is 37.1 Å². The van der Waals surface area contributed by atoms with E-state index in [1.54, 1.807) is 0 Å². The van der Waals surface area contributed by atoms with Gasteiger partial charge in [0, 0.05) is 19.3 Å². The first-order valence-electron chi connectivity index (χ1n) is 12.4. The van der Waals surface area contributed by atoms with Crippen molar-refractivity contribution in [1.82, 2.24) is 4.90 Å². The maximum Gasteiger partial charge on any atom is 0.0174 e. The number of hydrogen-bond acceptors (Lipinski definition) is 1. The maximum atomic E-state index is 4.39. The summed E-state index contributed by atoms with van der Waals surface area (Å²) >= 11 is 0. The summed E-state index contributed by atoms with van der Waals surface area (Å²) in [5.41, 5.74) is 5.51. The predicted molar refractivity (Wildman–Crippen MR) is 129 cm³/mol. The number of rotatable bonds is 14. The number of benzene rings is 1. The van der Waals surface area contributed by atoms with E-state index in [4.69, 9.17) is 0 Å². The van der Waals surface area contributed by atoms with Gasteiger partial charge in [0.25, 0.3) is 0 Å². The minimum Gasteiger partial charge on any atom is -0.378 e. The SMILES string of the molecule is C=C(CCc1ccc(C)c(C)c1)N(C)CCC(CCC)CCC(CC)C1CCC1. The molecule has 0 radical (unpaired) electrons. The summed E-state index contributed by atoms with van der Waals surface area (Å²) in [6, 6.07) is 6.87. The summed E-state index contributed by atoms with van der Waals surface area (Å²) in [4.78, 5) is 2.42. The molecule has 2 unspecified atom stereocenters. The Hall–Kier alpha value is -1.24. The van der Waals surface area contributed by atoms with Crippen LogP contribution in [0.1, 0.15) is 94.7 Å². The van der Waals surface area contributed by atoms with Crippen LogP contribution < -0.4 is 0 Å². The van der Waals surface area contributed by atoms with Crippen molar-refractivity contribution in [2.24, 2.45) is 17.8 Å². The smallest absolute Gasteiger partial charge is 0.0174 e. The first-order chi connectivity index (χ1) is 13.9. The lowest BCUT2D eigenvalue weighted by atomic mass is 9.72. The van der Waals surface area contributed by atoms with Gasteiger partial charge in [-0.1, -0.05) is 83.6 Å². The molecular formula is C28H47N. The molecule has 0 spiro atoms. The summed E-state index contributed by atoms with van der Waals surface area (Å²) in [6.07, 6.45) is 15.0. The van der Waals surface area contributed by atoms with Gasteiger partial charge in [0.2, 0.25) is 0 Å². The zero-order valence-corrected chi connectivity index (χ0v) is 20.1. The van der Waals surface area contributed by atoms with Crippen LogP contribution in [0.4, 0.5) is 0 Å². The molecule has 0 amide bonds. The third kappa shape index (κ3) is 7.83. The van der Waals surface area contributed by atoms with Crippen LogP contribution in [0, 0.1) is 31.6 Å². The average molecular weight is 398 g/mol. The number of hydrogen-bond donors (Lipinski definition) is 0. The molecule has 0 heterocycles. The van der Waals surface area contributed by atoms with Crippen molar-refractivity contribution >= 4 is 0 Å². The highest BCUT2D eigenvalue weighted by Gasteiger charge is 2.26. The molecular weight excluding hydrogens is 350 g/mol. The molecule has 1 aromatic rings. The van der Waals surface area contributed by atoms with E-state index in [1.807, 2.05) is 0 Å². The highest BCUT2D eigenvalue weighted by Crippen LogP contribution is 2.38. The Labute approximate surface area is 182 Å². The highest BCUT2D eigenvalue weighted by atomic mass is 15.1. The molecule has 0 saturated heterocycles. The largest absolute Gasteiger partial charge is 0.378 e. The van der Waals surface area contributed by atoms with E-state index in [-0.39, 0.29) is 0 Å². The lowest BCUT2D eigenvalue weighted by Gasteiger charge is -2.34. The van der Waals surface area contributed by atoms with Crippen molar-refractivity contribution in [3.05, 3.63) is 47.2 Å². The van der Waals surface area contributed by atoms with Crippen molar-refractivity contribution in [2.45, 2.75) is 98.3 Å². The second-order valence-electron chi connectivity index (χ2n) is 9.79. The topological polar surface area (TPSA) is 3.24 Å². The first-order valence-corrected chi connectivity index (χ1v) is 12.4. The molecule has 1 heteroatoms. The van der Waals surface area contributed by atoms with Gasteiger partial charge in [-0.3, -0.25) is 0 Å². The molecule has 1 saturated carbocycles. The zero-order chi connectivity index (χ0) is 21.2. The van der Waals surface area contributed by atoms with Gasteiger partial charge >= 0.3 is 0 Å². The molecule has 2 rings (SSSR count). The summed E-state index contributed by atoms with van der Waals surface area (Å²) in [5.74, 6) is 2.94. The van der Waals surface area contributed by atoms with Gasteiger partial charge in [-0.15, -0.1) is 0 Å². The van der Waals surface area contributed by atoms with Crippen molar-refractivity contribution in [3.8, 4) is 0 Å². The molecule has 2 atom stereocenters. The Kier molecular flexibility index (Phi) is 10.3. The molecule has 0 aromatic heterocycles. The lowest BCUT2D eigenvalue weighted by molar-refractivity contribution is 0.176. The molecule has 1 aromatic carbocycles. The number of allylic oxidation sites excluding steroid dienone is 1. The standard InChI is InChI=1S/C28H47N/c1-7-10-25(17-18-27(8-2)28-11-9-12-28)19-20-29(6)24(5)14-16-26-15-13-22(3)23(4)21-26/h13,15,21,25,27-28H,5,7-12,14,16-20H2,1-4,6H3. The summed E-state index contributed by atoms with van der Waals surface area (Å²) in [7, 11) is 2.24. The molecule has 164 valence electrons. The predicted octanol–water partition coefficient (Wildman–Crippen LogP) is 8.09. The van der Waals surface area contributed by atoms with Crippen LogP contribution in [-0.4, -0.2) is 18.5 Å². The monoisotopic (exact) mass is 397 g/mol. The van der Waals surface area contributed by atoms with E-state index in [0.29, 0.717) is 0 Å². The van der Waals surface area contributed by atoms with Gasteiger partial charge in [-0.05, 0) is 74.0 Å². The maximum absolute atomic E-state index is 4.39. The molecule has 0 aliphatic heterocycles. The van der Waals surface area contributed by atoms with Gasteiger partial charge < -0.3 is 4.90 Å². The van der Waals surface area contributed by atoms with E-state index in [2.05, 4.69) is 64.4 Å². The van der Waals surface area contributed by atoms with Crippen LogP contribution in [0.25, 0.3) is 0 Å². The fourth-order valence-corrected chi connectivity index (χ4v) is 4.95. The molecule has 0 bridgehead atoms. The summed E-state index contributed by atoms with van der Waals surface area (Å²) < 4.78 is 0. The summed E-state index contributed by atoms with van der Waals surface area (Å²) in [5, 5.41) is 0. The summed E-state index contributed by atoms with van der Waals surface area (Å²) in [6.45, 7) is 14.7. The second kappa shape index (κ2) is 12.5. The third-order valence-corrected chi connectivity index (χ3v) is 7.67. The van der Waals surface area contributed by atoms with Crippen LogP contribution in [-0.2, 0) is 6.42 Å². The third-order valence-electron chi connectivity index (χ3n) is 7.67. The second-order valence-corrected chi connectivity index (χ2v) is 9.79. The molecule has 29 heavy (non-hydrogen) atoms. The van der Waals surface area contributed by atoms with Crippen LogP contribution in [0.3, 0.4) is 0 Å². The van der Waals surface area contributed by atoms with Crippen LogP contribution in [0.5, 0.6) is 0 Å². The highest BCUT2D eigenvalue weighted by molar-refractivity contribution is 5.30. The Morgan fingerprint density at radius 3 is 2.41 bits per heavy atom. The van der Waals surface area contributed by atoms with E-state index >= 15 is 0 Å². The fourth-order valence-electron chi connectivity index (χ4n) is 4.95. The normalized spacial score (nSPS) is 16.3. The first kappa shape index (κ1) is 24.0. The minimum atomic E-state index is 0.893.